The highest BCUT2D eigenvalue weighted by Crippen LogP contribution is 2.19. The third-order valence-electron chi connectivity index (χ3n) is 4.29. The Hall–Kier alpha value is -3.75. The van der Waals surface area contributed by atoms with Gasteiger partial charge >= 0.3 is 6.03 Å². The van der Waals surface area contributed by atoms with Crippen molar-refractivity contribution in [3.05, 3.63) is 59.9 Å². The van der Waals surface area contributed by atoms with Gasteiger partial charge in [-0.3, -0.25) is 19.3 Å². The summed E-state index contributed by atoms with van der Waals surface area (Å²) >= 11 is 0. The van der Waals surface area contributed by atoms with Crippen LogP contribution in [0.5, 0.6) is 0 Å². The second kappa shape index (κ2) is 7.70. The quantitative estimate of drug-likeness (QED) is 0.672. The molecule has 29 heavy (non-hydrogen) atoms. The van der Waals surface area contributed by atoms with Gasteiger partial charge in [0, 0.05) is 5.69 Å². The monoisotopic (exact) mass is 398 g/mol. The lowest BCUT2D eigenvalue weighted by Crippen LogP contribution is -2.41. The van der Waals surface area contributed by atoms with E-state index in [0.717, 1.165) is 4.90 Å². The average Bonchev–Trinajstić information content (AvgIpc) is 2.85. The highest BCUT2D eigenvalue weighted by atomic mass is 19.1. The van der Waals surface area contributed by atoms with Crippen LogP contribution in [0.25, 0.3) is 0 Å². The molecule has 1 saturated heterocycles. The van der Waals surface area contributed by atoms with Crippen molar-refractivity contribution in [3.8, 4) is 0 Å². The first-order chi connectivity index (χ1) is 13.7. The molecule has 5 amide bonds. The number of amides is 5. The largest absolute Gasteiger partial charge is 0.325 e. The van der Waals surface area contributed by atoms with E-state index in [9.17, 15) is 23.6 Å². The van der Waals surface area contributed by atoms with Gasteiger partial charge in [0.15, 0.2) is 0 Å². The second-order valence-corrected chi connectivity index (χ2v) is 7.00. The van der Waals surface area contributed by atoms with Crippen LogP contribution in [-0.4, -0.2) is 40.7 Å². The van der Waals surface area contributed by atoms with Crippen molar-refractivity contribution in [1.29, 1.82) is 0 Å². The minimum absolute atomic E-state index is 0.169. The second-order valence-electron chi connectivity index (χ2n) is 7.00. The number of halogens is 1. The zero-order valence-corrected chi connectivity index (χ0v) is 15.8. The van der Waals surface area contributed by atoms with Crippen LogP contribution in [0.1, 0.15) is 24.2 Å². The van der Waals surface area contributed by atoms with Gasteiger partial charge in [-0.1, -0.05) is 12.1 Å². The van der Waals surface area contributed by atoms with Gasteiger partial charge in [-0.15, -0.1) is 0 Å². The first kappa shape index (κ1) is 20.0. The summed E-state index contributed by atoms with van der Waals surface area (Å²) in [5.41, 5.74) is -0.310. The molecule has 9 heteroatoms. The van der Waals surface area contributed by atoms with Crippen LogP contribution in [0.15, 0.2) is 48.5 Å². The van der Waals surface area contributed by atoms with Gasteiger partial charge in [-0.2, -0.15) is 0 Å². The van der Waals surface area contributed by atoms with Crippen LogP contribution in [0.2, 0.25) is 0 Å². The van der Waals surface area contributed by atoms with Crippen molar-refractivity contribution >= 4 is 35.1 Å². The van der Waals surface area contributed by atoms with Crippen molar-refractivity contribution in [2.24, 2.45) is 0 Å². The number of hydrogen-bond acceptors (Lipinski definition) is 4. The zero-order valence-electron chi connectivity index (χ0n) is 15.8. The van der Waals surface area contributed by atoms with Crippen molar-refractivity contribution in [1.82, 2.24) is 10.2 Å². The van der Waals surface area contributed by atoms with E-state index < -0.39 is 41.7 Å². The molecule has 2 aromatic rings. The molecule has 3 rings (SSSR count). The van der Waals surface area contributed by atoms with E-state index in [0.29, 0.717) is 5.69 Å². The highest BCUT2D eigenvalue weighted by Gasteiger charge is 2.44. The summed E-state index contributed by atoms with van der Waals surface area (Å²) in [5.74, 6) is -2.09. The summed E-state index contributed by atoms with van der Waals surface area (Å²) in [7, 11) is 0. The van der Waals surface area contributed by atoms with E-state index in [1.165, 1.54) is 36.4 Å². The van der Waals surface area contributed by atoms with E-state index >= 15 is 0 Å². The summed E-state index contributed by atoms with van der Waals surface area (Å²) in [6, 6.07) is 10.9. The van der Waals surface area contributed by atoms with Gasteiger partial charge < -0.3 is 16.0 Å². The van der Waals surface area contributed by atoms with E-state index in [4.69, 9.17) is 0 Å². The molecule has 3 N–H and O–H groups in total. The van der Waals surface area contributed by atoms with Crippen molar-refractivity contribution in [3.63, 3.8) is 0 Å². The molecule has 150 valence electrons. The molecule has 0 unspecified atom stereocenters. The van der Waals surface area contributed by atoms with Crippen molar-refractivity contribution in [2.75, 3.05) is 17.2 Å². The minimum Gasteiger partial charge on any atom is -0.324 e. The SMILES string of the molecule is CC1(C)NC(=O)N(CC(=O)Nc2ccccc2C(=O)Nc2ccc(F)cc2)C1=O. The van der Waals surface area contributed by atoms with Gasteiger partial charge in [0.25, 0.3) is 11.8 Å². The molecule has 0 spiro atoms. The Morgan fingerprint density at radius 3 is 2.31 bits per heavy atom. The van der Waals surface area contributed by atoms with Crippen LogP contribution in [0.4, 0.5) is 20.6 Å². The van der Waals surface area contributed by atoms with Crippen LogP contribution in [0, 0.1) is 5.82 Å². The highest BCUT2D eigenvalue weighted by molar-refractivity contribution is 6.12. The average molecular weight is 398 g/mol. The lowest BCUT2D eigenvalue weighted by Gasteiger charge is -2.16. The molecule has 1 aliphatic rings. The lowest BCUT2D eigenvalue weighted by atomic mass is 10.1. The van der Waals surface area contributed by atoms with E-state index in [-0.39, 0.29) is 11.3 Å². The molecule has 1 aliphatic heterocycles. The Morgan fingerprint density at radius 2 is 1.69 bits per heavy atom. The van der Waals surface area contributed by atoms with Crippen LogP contribution in [0.3, 0.4) is 0 Å². The molecule has 0 radical (unpaired) electrons. The smallest absolute Gasteiger partial charge is 0.324 e. The maximum atomic E-state index is 13.0. The molecule has 0 aliphatic carbocycles. The molecular formula is C20H19FN4O4. The minimum atomic E-state index is -1.08. The van der Waals surface area contributed by atoms with E-state index in [1.807, 2.05) is 0 Å². The first-order valence-corrected chi connectivity index (χ1v) is 8.77. The number of anilines is 2. The summed E-state index contributed by atoms with van der Waals surface area (Å²) in [4.78, 5) is 49.9. The van der Waals surface area contributed by atoms with Crippen LogP contribution in [-0.2, 0) is 9.59 Å². The number of urea groups is 1. The predicted molar refractivity (Wildman–Crippen MR) is 104 cm³/mol. The van der Waals surface area contributed by atoms with Gasteiger partial charge in [-0.05, 0) is 50.2 Å². The van der Waals surface area contributed by atoms with E-state index in [2.05, 4.69) is 16.0 Å². The summed E-state index contributed by atoms with van der Waals surface area (Å²) in [5, 5.41) is 7.65. The van der Waals surface area contributed by atoms with Crippen LogP contribution < -0.4 is 16.0 Å². The molecule has 8 nitrogen and oxygen atoms in total. The predicted octanol–water partition coefficient (Wildman–Crippen LogP) is 2.35. The summed E-state index contributed by atoms with van der Waals surface area (Å²) in [6.45, 7) is 2.60. The Labute approximate surface area is 166 Å². The number of nitrogens with one attached hydrogen (secondary N) is 3. The Morgan fingerprint density at radius 1 is 1.03 bits per heavy atom. The first-order valence-electron chi connectivity index (χ1n) is 8.77. The maximum absolute atomic E-state index is 13.0. The number of para-hydroxylation sites is 1. The number of imide groups is 1. The standard InChI is InChI=1S/C20H19FN4O4/c1-20(2)18(28)25(19(29)24-20)11-16(26)23-15-6-4-3-5-14(15)17(27)22-13-9-7-12(21)8-10-13/h3-10H,11H2,1-2H3,(H,22,27)(H,23,26)(H,24,29). The molecule has 2 aromatic carbocycles. The summed E-state index contributed by atoms with van der Waals surface area (Å²) < 4.78 is 13.0. The zero-order chi connectivity index (χ0) is 21.2. The van der Waals surface area contributed by atoms with Gasteiger partial charge in [0.05, 0.1) is 11.3 Å². The number of rotatable bonds is 5. The molecule has 0 aromatic heterocycles. The molecule has 0 atom stereocenters. The topological polar surface area (TPSA) is 108 Å². The van der Waals surface area contributed by atoms with Crippen molar-refractivity contribution < 1.29 is 23.6 Å². The maximum Gasteiger partial charge on any atom is 0.325 e. The van der Waals surface area contributed by atoms with Gasteiger partial charge in [0.1, 0.15) is 17.9 Å². The number of carbonyl (C=O) groups excluding carboxylic acids is 4. The Balaban J connectivity index is 1.71. The third-order valence-corrected chi connectivity index (χ3v) is 4.29. The molecule has 1 fully saturated rings. The fourth-order valence-corrected chi connectivity index (χ4v) is 2.82. The summed E-state index contributed by atoms with van der Waals surface area (Å²) in [6.07, 6.45) is 0. The van der Waals surface area contributed by atoms with Gasteiger partial charge in [-0.25, -0.2) is 9.18 Å². The third kappa shape index (κ3) is 4.40. The van der Waals surface area contributed by atoms with Gasteiger partial charge in [0.2, 0.25) is 5.91 Å². The fourth-order valence-electron chi connectivity index (χ4n) is 2.82. The van der Waals surface area contributed by atoms with E-state index in [1.54, 1.807) is 26.0 Å². The molecule has 1 heterocycles. The number of hydrogen-bond donors (Lipinski definition) is 3. The number of carbonyl (C=O) groups is 4. The molecule has 0 saturated carbocycles. The Kier molecular flexibility index (Phi) is 5.31. The Bertz CT molecular complexity index is 988. The molecular weight excluding hydrogens is 379 g/mol. The molecule has 0 bridgehead atoms. The van der Waals surface area contributed by atoms with Crippen molar-refractivity contribution in [2.45, 2.75) is 19.4 Å². The lowest BCUT2D eigenvalue weighted by molar-refractivity contribution is -0.132. The fraction of sp³-hybridized carbons (Fsp3) is 0.200. The normalized spacial score (nSPS) is 15.1. The van der Waals surface area contributed by atoms with Crippen LogP contribution >= 0.6 is 0 Å². The number of nitrogens with zero attached hydrogens (tertiary/aromatic N) is 1. The number of benzene rings is 2.